The number of hydrazone groups is 1. The summed E-state index contributed by atoms with van der Waals surface area (Å²) in [6.45, 7) is 0. The molecule has 36 heavy (non-hydrogen) atoms. The second-order valence-corrected chi connectivity index (χ2v) is 10.1. The summed E-state index contributed by atoms with van der Waals surface area (Å²) in [5.74, 6) is 0.137. The van der Waals surface area contributed by atoms with E-state index in [1.807, 2.05) is 44.4 Å². The van der Waals surface area contributed by atoms with Crippen LogP contribution in [0, 0.1) is 5.92 Å². The molecule has 184 valence electrons. The summed E-state index contributed by atoms with van der Waals surface area (Å²) in [6.07, 6.45) is 5.34. The van der Waals surface area contributed by atoms with Gasteiger partial charge in [-0.3, -0.25) is 4.79 Å². The summed E-state index contributed by atoms with van der Waals surface area (Å²) in [6, 6.07) is 26.6. The molecule has 0 bridgehead atoms. The zero-order valence-electron chi connectivity index (χ0n) is 21.6. The van der Waals surface area contributed by atoms with Gasteiger partial charge in [-0.2, -0.15) is 5.10 Å². The molecule has 1 heterocycles. The average Bonchev–Trinajstić information content (AvgIpc) is 3.30. The smallest absolute Gasteiger partial charge is 0.274 e. The molecule has 1 aliphatic heterocycles. The van der Waals surface area contributed by atoms with Crippen molar-refractivity contribution in [2.75, 3.05) is 38.0 Å². The highest BCUT2D eigenvalue weighted by molar-refractivity contribution is 6.09. The normalized spacial score (nSPS) is 20.2. The fourth-order valence-corrected chi connectivity index (χ4v) is 5.25. The monoisotopic (exact) mass is 478 g/mol. The molecule has 0 saturated heterocycles. The Kier molecular flexibility index (Phi) is 6.64. The maximum atomic E-state index is 13.7. The van der Waals surface area contributed by atoms with Gasteiger partial charge in [-0.25, -0.2) is 5.01 Å². The SMILES string of the molecule is CN(C)c1ccc(/C=C2/CCCC3C2=NN(C(=O)c2ccccc2)C3c2ccc(N(C)C)cc2)cc1. The largest absolute Gasteiger partial charge is 0.378 e. The van der Waals surface area contributed by atoms with E-state index in [4.69, 9.17) is 5.10 Å². The number of carbonyl (C=O) groups is 1. The zero-order valence-corrected chi connectivity index (χ0v) is 21.6. The van der Waals surface area contributed by atoms with Crippen molar-refractivity contribution in [3.63, 3.8) is 0 Å². The highest BCUT2D eigenvalue weighted by Crippen LogP contribution is 2.45. The van der Waals surface area contributed by atoms with Gasteiger partial charge in [0.25, 0.3) is 5.91 Å². The number of hydrogen-bond acceptors (Lipinski definition) is 4. The third-order valence-electron chi connectivity index (χ3n) is 7.23. The van der Waals surface area contributed by atoms with Crippen LogP contribution < -0.4 is 9.80 Å². The minimum Gasteiger partial charge on any atom is -0.378 e. The molecule has 1 saturated carbocycles. The van der Waals surface area contributed by atoms with Crippen LogP contribution in [-0.2, 0) is 0 Å². The molecule has 1 amide bonds. The molecule has 2 unspecified atom stereocenters. The van der Waals surface area contributed by atoms with Gasteiger partial charge in [0, 0.05) is 51.0 Å². The number of anilines is 2. The average molecular weight is 479 g/mol. The number of nitrogens with zero attached hydrogens (tertiary/aromatic N) is 4. The lowest BCUT2D eigenvalue weighted by atomic mass is 9.77. The number of carbonyl (C=O) groups excluding carboxylic acids is 1. The quantitative estimate of drug-likeness (QED) is 0.435. The van der Waals surface area contributed by atoms with Crippen molar-refractivity contribution in [2.24, 2.45) is 11.0 Å². The highest BCUT2D eigenvalue weighted by atomic mass is 16.2. The van der Waals surface area contributed by atoms with Crippen LogP contribution in [0.4, 0.5) is 11.4 Å². The van der Waals surface area contributed by atoms with Crippen molar-refractivity contribution in [2.45, 2.75) is 25.3 Å². The van der Waals surface area contributed by atoms with Crippen LogP contribution in [0.5, 0.6) is 0 Å². The molecule has 5 rings (SSSR count). The van der Waals surface area contributed by atoms with E-state index in [1.54, 1.807) is 5.01 Å². The lowest BCUT2D eigenvalue weighted by molar-refractivity contribution is 0.0681. The van der Waals surface area contributed by atoms with Crippen molar-refractivity contribution in [3.8, 4) is 0 Å². The van der Waals surface area contributed by atoms with Gasteiger partial charge < -0.3 is 9.80 Å². The molecule has 2 aliphatic rings. The first-order valence-corrected chi connectivity index (χ1v) is 12.6. The molecule has 1 fully saturated rings. The number of benzene rings is 3. The Hall–Kier alpha value is -3.86. The second-order valence-electron chi connectivity index (χ2n) is 10.1. The molecule has 0 aromatic heterocycles. The fourth-order valence-electron chi connectivity index (χ4n) is 5.25. The molecule has 5 nitrogen and oxygen atoms in total. The zero-order chi connectivity index (χ0) is 25.2. The molecule has 1 aliphatic carbocycles. The van der Waals surface area contributed by atoms with Gasteiger partial charge in [-0.15, -0.1) is 0 Å². The summed E-state index contributed by atoms with van der Waals surface area (Å²) >= 11 is 0. The van der Waals surface area contributed by atoms with E-state index in [0.717, 1.165) is 36.2 Å². The van der Waals surface area contributed by atoms with Gasteiger partial charge in [0.15, 0.2) is 0 Å². The maximum Gasteiger partial charge on any atom is 0.274 e. The molecule has 0 spiro atoms. The second kappa shape index (κ2) is 10.0. The third kappa shape index (κ3) is 4.66. The van der Waals surface area contributed by atoms with Crippen LogP contribution in [0.3, 0.4) is 0 Å². The summed E-state index contributed by atoms with van der Waals surface area (Å²) < 4.78 is 0. The predicted octanol–water partition coefficient (Wildman–Crippen LogP) is 6.26. The Morgan fingerprint density at radius 3 is 2.08 bits per heavy atom. The van der Waals surface area contributed by atoms with Crippen LogP contribution in [0.25, 0.3) is 6.08 Å². The van der Waals surface area contributed by atoms with Gasteiger partial charge in [-0.05, 0) is 78.4 Å². The lowest BCUT2D eigenvalue weighted by Gasteiger charge is -2.30. The van der Waals surface area contributed by atoms with E-state index in [2.05, 4.69) is 78.5 Å². The topological polar surface area (TPSA) is 39.1 Å². The molecule has 5 heteroatoms. The minimum absolute atomic E-state index is 0.0473. The molecule has 3 aromatic rings. The van der Waals surface area contributed by atoms with Gasteiger partial charge in [0.1, 0.15) is 0 Å². The number of rotatable bonds is 5. The predicted molar refractivity (Wildman–Crippen MR) is 150 cm³/mol. The van der Waals surface area contributed by atoms with Gasteiger partial charge in [0.2, 0.25) is 0 Å². The fraction of sp³-hybridized carbons (Fsp3) is 0.290. The van der Waals surface area contributed by atoms with Gasteiger partial charge >= 0.3 is 0 Å². The Morgan fingerprint density at radius 2 is 1.47 bits per heavy atom. The molecular weight excluding hydrogens is 444 g/mol. The molecular formula is C31H34N4O. The Morgan fingerprint density at radius 1 is 0.861 bits per heavy atom. The highest BCUT2D eigenvalue weighted by Gasteiger charge is 2.43. The minimum atomic E-state index is -0.108. The summed E-state index contributed by atoms with van der Waals surface area (Å²) in [4.78, 5) is 17.9. The molecule has 0 radical (unpaired) electrons. The van der Waals surface area contributed by atoms with Crippen LogP contribution in [-0.4, -0.2) is 44.8 Å². The number of fused-ring (bicyclic) bond motifs is 1. The number of hydrogen-bond donors (Lipinski definition) is 0. The van der Waals surface area contributed by atoms with E-state index in [-0.39, 0.29) is 17.9 Å². The number of amides is 1. The van der Waals surface area contributed by atoms with Crippen molar-refractivity contribution >= 4 is 29.1 Å². The Balaban J connectivity index is 1.54. The Labute approximate surface area is 214 Å². The molecule has 2 atom stereocenters. The first-order chi connectivity index (χ1) is 17.4. The molecule has 3 aromatic carbocycles. The van der Waals surface area contributed by atoms with Crippen molar-refractivity contribution in [1.82, 2.24) is 5.01 Å². The summed E-state index contributed by atoms with van der Waals surface area (Å²) in [7, 11) is 8.19. The number of allylic oxidation sites excluding steroid dienone is 1. The summed E-state index contributed by atoms with van der Waals surface area (Å²) in [5.41, 5.74) is 7.58. The van der Waals surface area contributed by atoms with Crippen molar-refractivity contribution < 1.29 is 4.79 Å². The molecule has 0 N–H and O–H groups in total. The maximum absolute atomic E-state index is 13.7. The van der Waals surface area contributed by atoms with Crippen LogP contribution >= 0.6 is 0 Å². The third-order valence-corrected chi connectivity index (χ3v) is 7.23. The van der Waals surface area contributed by atoms with E-state index in [9.17, 15) is 4.79 Å². The first-order valence-electron chi connectivity index (χ1n) is 12.6. The van der Waals surface area contributed by atoms with Crippen molar-refractivity contribution in [1.29, 1.82) is 0 Å². The van der Waals surface area contributed by atoms with E-state index < -0.39 is 0 Å². The van der Waals surface area contributed by atoms with E-state index in [1.165, 1.54) is 16.8 Å². The van der Waals surface area contributed by atoms with E-state index >= 15 is 0 Å². The standard InChI is InChI=1S/C31H34N4O/c1-33(2)26-17-13-22(14-18-26)21-25-11-8-12-28-29(25)32-35(31(36)24-9-6-5-7-10-24)30(28)23-15-19-27(20-16-23)34(3)4/h5-7,9-10,13-21,28,30H,8,11-12H2,1-4H3/b25-21-. The van der Waals surface area contributed by atoms with Crippen LogP contribution in [0.1, 0.15) is 46.8 Å². The lowest BCUT2D eigenvalue weighted by Crippen LogP contribution is -2.32. The Bertz CT molecular complexity index is 1270. The van der Waals surface area contributed by atoms with Crippen LogP contribution in [0.2, 0.25) is 0 Å². The first kappa shape index (κ1) is 23.9. The van der Waals surface area contributed by atoms with E-state index in [0.29, 0.717) is 5.56 Å². The van der Waals surface area contributed by atoms with Gasteiger partial charge in [0.05, 0.1) is 11.8 Å². The van der Waals surface area contributed by atoms with Crippen LogP contribution in [0.15, 0.2) is 89.5 Å². The summed E-state index contributed by atoms with van der Waals surface area (Å²) in [5, 5.41) is 6.78. The van der Waals surface area contributed by atoms with Crippen molar-refractivity contribution in [3.05, 3.63) is 101 Å². The van der Waals surface area contributed by atoms with Gasteiger partial charge in [-0.1, -0.05) is 42.5 Å².